The Morgan fingerprint density at radius 1 is 1.53 bits per heavy atom. The van der Waals surface area contributed by atoms with Crippen LogP contribution in [0.2, 0.25) is 0 Å². The molecule has 0 aliphatic carbocycles. The Balaban J connectivity index is 2.39. The molecule has 96 valence electrons. The average Bonchev–Trinajstić information content (AvgIpc) is 2.59. The van der Waals surface area contributed by atoms with Gasteiger partial charge in [0, 0.05) is 19.3 Å². The van der Waals surface area contributed by atoms with E-state index < -0.39 is 9.84 Å². The molecular weight excluding hydrogens is 240 g/mol. The molecular formula is C10H18N4O2S. The number of nitrogens with two attached hydrogens (primary N) is 1. The van der Waals surface area contributed by atoms with E-state index in [0.717, 1.165) is 25.8 Å². The molecule has 0 spiro atoms. The summed E-state index contributed by atoms with van der Waals surface area (Å²) in [5.74, 6) is 1.14. The van der Waals surface area contributed by atoms with Gasteiger partial charge in [-0.1, -0.05) is 6.92 Å². The normalized spacial score (nSPS) is 21.8. The first-order valence-corrected chi connectivity index (χ1v) is 7.57. The van der Waals surface area contributed by atoms with Crippen molar-refractivity contribution < 1.29 is 8.42 Å². The summed E-state index contributed by atoms with van der Waals surface area (Å²) in [4.78, 5) is 2.13. The van der Waals surface area contributed by atoms with E-state index in [1.54, 1.807) is 0 Å². The summed E-state index contributed by atoms with van der Waals surface area (Å²) in [6.07, 6.45) is 3.38. The van der Waals surface area contributed by atoms with Crippen LogP contribution in [0.5, 0.6) is 0 Å². The minimum Gasteiger partial charge on any atom is -0.383 e. The highest BCUT2D eigenvalue weighted by atomic mass is 32.2. The predicted molar refractivity (Wildman–Crippen MR) is 66.7 cm³/mol. The molecule has 0 aromatic carbocycles. The number of piperidine rings is 1. The van der Waals surface area contributed by atoms with Gasteiger partial charge in [-0.25, -0.2) is 8.42 Å². The van der Waals surface area contributed by atoms with Crippen LogP contribution in [-0.2, 0) is 9.84 Å². The molecule has 1 aromatic heterocycles. The van der Waals surface area contributed by atoms with Crippen molar-refractivity contribution in [2.24, 2.45) is 5.92 Å². The van der Waals surface area contributed by atoms with Crippen molar-refractivity contribution in [3.8, 4) is 0 Å². The van der Waals surface area contributed by atoms with E-state index >= 15 is 0 Å². The molecule has 1 aliphatic rings. The minimum atomic E-state index is -3.35. The molecule has 7 heteroatoms. The Kier molecular flexibility index (Phi) is 3.03. The minimum absolute atomic E-state index is 0.126. The number of anilines is 2. The van der Waals surface area contributed by atoms with E-state index in [1.807, 2.05) is 4.90 Å². The summed E-state index contributed by atoms with van der Waals surface area (Å²) in [6, 6.07) is 0. The second-order valence-electron chi connectivity index (χ2n) is 4.76. The Bertz CT molecular complexity index is 508. The lowest BCUT2D eigenvalue weighted by molar-refractivity contribution is 0.443. The van der Waals surface area contributed by atoms with Crippen molar-refractivity contribution in [2.45, 2.75) is 24.7 Å². The Morgan fingerprint density at radius 3 is 2.82 bits per heavy atom. The van der Waals surface area contributed by atoms with Crippen molar-refractivity contribution in [1.82, 2.24) is 10.2 Å². The highest BCUT2D eigenvalue weighted by molar-refractivity contribution is 7.91. The molecule has 1 saturated heterocycles. The van der Waals surface area contributed by atoms with E-state index in [2.05, 4.69) is 17.1 Å². The van der Waals surface area contributed by atoms with Crippen LogP contribution in [0, 0.1) is 5.92 Å². The number of sulfone groups is 1. The zero-order chi connectivity index (χ0) is 12.6. The van der Waals surface area contributed by atoms with Crippen molar-refractivity contribution in [1.29, 1.82) is 0 Å². The number of hydrogen-bond acceptors (Lipinski definition) is 5. The van der Waals surface area contributed by atoms with Gasteiger partial charge in [0.25, 0.3) is 0 Å². The molecule has 17 heavy (non-hydrogen) atoms. The molecule has 1 atom stereocenters. The molecule has 1 fully saturated rings. The summed E-state index contributed by atoms with van der Waals surface area (Å²) in [5.41, 5.74) is 5.64. The van der Waals surface area contributed by atoms with Gasteiger partial charge in [0.2, 0.25) is 0 Å². The largest absolute Gasteiger partial charge is 0.383 e. The van der Waals surface area contributed by atoms with Crippen molar-refractivity contribution >= 4 is 21.5 Å². The molecule has 1 aromatic rings. The number of hydrogen-bond donors (Lipinski definition) is 2. The lowest BCUT2D eigenvalue weighted by Crippen LogP contribution is -2.35. The van der Waals surface area contributed by atoms with Crippen LogP contribution in [-0.4, -0.2) is 38.0 Å². The van der Waals surface area contributed by atoms with E-state index in [1.165, 1.54) is 6.42 Å². The number of rotatable bonds is 2. The van der Waals surface area contributed by atoms with Crippen molar-refractivity contribution in [3.05, 3.63) is 0 Å². The molecule has 2 heterocycles. The highest BCUT2D eigenvalue weighted by Gasteiger charge is 2.27. The molecule has 0 bridgehead atoms. The first-order valence-electron chi connectivity index (χ1n) is 5.68. The lowest BCUT2D eigenvalue weighted by Gasteiger charge is -2.31. The summed E-state index contributed by atoms with van der Waals surface area (Å²) >= 11 is 0. The van der Waals surface area contributed by atoms with E-state index in [4.69, 9.17) is 5.73 Å². The lowest BCUT2D eigenvalue weighted by atomic mass is 10.0. The summed E-state index contributed by atoms with van der Waals surface area (Å²) in [7, 11) is -3.35. The number of nitrogens with zero attached hydrogens (tertiary/aromatic N) is 2. The molecule has 0 saturated carbocycles. The number of nitrogens with one attached hydrogen (secondary N) is 1. The van der Waals surface area contributed by atoms with Gasteiger partial charge in [-0.15, -0.1) is 0 Å². The quantitative estimate of drug-likeness (QED) is 0.811. The fourth-order valence-electron chi connectivity index (χ4n) is 2.30. The van der Waals surface area contributed by atoms with Crippen LogP contribution in [0.25, 0.3) is 0 Å². The number of aromatic amines is 1. The SMILES string of the molecule is CC1CCCN(c2n[nH]c(N)c2S(C)(=O)=O)C1. The molecule has 3 N–H and O–H groups in total. The predicted octanol–water partition coefficient (Wildman–Crippen LogP) is 0.632. The van der Waals surface area contributed by atoms with E-state index in [0.29, 0.717) is 11.7 Å². The van der Waals surface area contributed by atoms with Gasteiger partial charge in [-0.3, -0.25) is 5.10 Å². The Labute approximate surface area is 101 Å². The first-order chi connectivity index (χ1) is 7.89. The second kappa shape index (κ2) is 4.21. The van der Waals surface area contributed by atoms with Crippen LogP contribution in [0.1, 0.15) is 19.8 Å². The average molecular weight is 258 g/mol. The zero-order valence-corrected chi connectivity index (χ0v) is 10.9. The molecule has 1 aliphatic heterocycles. The third-order valence-electron chi connectivity index (χ3n) is 3.06. The summed E-state index contributed by atoms with van der Waals surface area (Å²) in [5, 5.41) is 6.60. The molecule has 6 nitrogen and oxygen atoms in total. The van der Waals surface area contributed by atoms with E-state index in [9.17, 15) is 8.42 Å². The van der Waals surface area contributed by atoms with Gasteiger partial charge in [0.15, 0.2) is 20.6 Å². The maximum absolute atomic E-state index is 11.7. The van der Waals surface area contributed by atoms with Gasteiger partial charge in [-0.05, 0) is 18.8 Å². The third-order valence-corrected chi connectivity index (χ3v) is 4.20. The molecule has 1 unspecified atom stereocenters. The highest BCUT2D eigenvalue weighted by Crippen LogP contribution is 2.30. The van der Waals surface area contributed by atoms with Gasteiger partial charge in [0.05, 0.1) is 0 Å². The van der Waals surface area contributed by atoms with Crippen LogP contribution < -0.4 is 10.6 Å². The van der Waals surface area contributed by atoms with Crippen molar-refractivity contribution in [2.75, 3.05) is 30.0 Å². The van der Waals surface area contributed by atoms with Crippen LogP contribution in [0.15, 0.2) is 4.90 Å². The molecule has 0 amide bonds. The molecule has 0 radical (unpaired) electrons. The smallest absolute Gasteiger partial charge is 0.182 e. The first kappa shape index (κ1) is 12.2. The number of aromatic nitrogens is 2. The summed E-state index contributed by atoms with van der Waals surface area (Å²) < 4.78 is 23.4. The fraction of sp³-hybridized carbons (Fsp3) is 0.700. The monoisotopic (exact) mass is 258 g/mol. The third kappa shape index (κ3) is 2.38. The van der Waals surface area contributed by atoms with Gasteiger partial charge in [0.1, 0.15) is 5.82 Å². The summed E-state index contributed by atoms with van der Waals surface area (Å²) in [6.45, 7) is 3.81. The van der Waals surface area contributed by atoms with Gasteiger partial charge < -0.3 is 10.6 Å². The van der Waals surface area contributed by atoms with Crippen molar-refractivity contribution in [3.63, 3.8) is 0 Å². The molecule has 2 rings (SSSR count). The van der Waals surface area contributed by atoms with E-state index in [-0.39, 0.29) is 10.7 Å². The maximum atomic E-state index is 11.7. The van der Waals surface area contributed by atoms with Crippen LogP contribution in [0.4, 0.5) is 11.6 Å². The Hall–Kier alpha value is -1.24. The topological polar surface area (TPSA) is 92.1 Å². The zero-order valence-electron chi connectivity index (χ0n) is 10.1. The van der Waals surface area contributed by atoms with Crippen LogP contribution in [0.3, 0.4) is 0 Å². The van der Waals surface area contributed by atoms with Gasteiger partial charge in [-0.2, -0.15) is 5.10 Å². The Morgan fingerprint density at radius 2 is 2.24 bits per heavy atom. The van der Waals surface area contributed by atoms with Gasteiger partial charge >= 0.3 is 0 Å². The standard InChI is InChI=1S/C10H18N4O2S/c1-7-4-3-5-14(6-7)10-8(17(2,15)16)9(11)12-13-10/h7H,3-6H2,1-2H3,(H3,11,12,13). The number of H-pyrrole nitrogens is 1. The maximum Gasteiger partial charge on any atom is 0.182 e. The van der Waals surface area contributed by atoms with Crippen LogP contribution >= 0.6 is 0 Å². The second-order valence-corrected chi connectivity index (χ2v) is 6.71. The number of nitrogen functional groups attached to an aromatic ring is 1. The fourth-order valence-corrected chi connectivity index (χ4v) is 3.25.